The molecule has 5 rings (SSSR count). The summed E-state index contributed by atoms with van der Waals surface area (Å²) < 4.78 is 2.33. The van der Waals surface area contributed by atoms with Gasteiger partial charge in [-0.15, -0.1) is 11.3 Å². The summed E-state index contributed by atoms with van der Waals surface area (Å²) in [5.41, 5.74) is 3.85. The molecule has 0 atom stereocenters. The van der Waals surface area contributed by atoms with Crippen LogP contribution in [0.5, 0.6) is 0 Å². The van der Waals surface area contributed by atoms with Gasteiger partial charge in [-0.1, -0.05) is 23.8 Å². The van der Waals surface area contributed by atoms with Crippen LogP contribution in [0.4, 0.5) is 11.5 Å². The number of hydrogen-bond donors (Lipinski definition) is 0. The van der Waals surface area contributed by atoms with E-state index >= 15 is 0 Å². The van der Waals surface area contributed by atoms with Gasteiger partial charge in [0.1, 0.15) is 27.2 Å². The minimum atomic E-state index is -0.0311. The van der Waals surface area contributed by atoms with Gasteiger partial charge in [-0.05, 0) is 20.0 Å². The SMILES string of the molecule is CC1=CC=C(n2cnc3c(sc4nc(N5CCN(C)CC5)cc(N(C)C)c43)c2=O)CC=C1. The summed E-state index contributed by atoms with van der Waals surface area (Å²) >= 11 is 1.45. The topological polar surface area (TPSA) is 57.5 Å². The van der Waals surface area contributed by atoms with Crippen LogP contribution < -0.4 is 15.4 Å². The highest BCUT2D eigenvalue weighted by atomic mass is 32.1. The van der Waals surface area contributed by atoms with Gasteiger partial charge < -0.3 is 14.7 Å². The van der Waals surface area contributed by atoms with Crippen molar-refractivity contribution in [2.24, 2.45) is 0 Å². The lowest BCUT2D eigenvalue weighted by Gasteiger charge is -2.33. The first kappa shape index (κ1) is 20.9. The summed E-state index contributed by atoms with van der Waals surface area (Å²) in [6, 6.07) is 2.14. The zero-order valence-corrected chi connectivity index (χ0v) is 19.8. The number of aromatic nitrogens is 3. The number of thiophene rings is 1. The van der Waals surface area contributed by atoms with Crippen LogP contribution in [-0.2, 0) is 0 Å². The van der Waals surface area contributed by atoms with Crippen LogP contribution in [0, 0.1) is 0 Å². The molecule has 0 N–H and O–H groups in total. The largest absolute Gasteiger partial charge is 0.377 e. The Balaban J connectivity index is 1.67. The molecule has 0 amide bonds. The first-order chi connectivity index (χ1) is 15.4. The van der Waals surface area contributed by atoms with Crippen molar-refractivity contribution < 1.29 is 0 Å². The molecule has 3 aromatic rings. The third-order valence-corrected chi connectivity index (χ3v) is 7.24. The zero-order valence-electron chi connectivity index (χ0n) is 19.0. The van der Waals surface area contributed by atoms with Crippen molar-refractivity contribution in [3.05, 3.63) is 52.6 Å². The van der Waals surface area contributed by atoms with Gasteiger partial charge in [-0.25, -0.2) is 9.97 Å². The van der Waals surface area contributed by atoms with Crippen LogP contribution in [-0.4, -0.2) is 66.8 Å². The molecular formula is C24H28N6OS. The molecule has 1 fully saturated rings. The van der Waals surface area contributed by atoms with Gasteiger partial charge in [0, 0.05) is 58.5 Å². The molecular weight excluding hydrogens is 420 g/mol. The monoisotopic (exact) mass is 448 g/mol. The standard InChI is InChI=1S/C24H28N6OS/c1-16-6-5-7-17(9-8-16)30-15-25-21-20-18(27(2)3)14-19(29-12-10-28(4)11-13-29)26-23(20)32-22(21)24(30)31/h5-6,8-9,14-15H,7,10-13H2,1-4H3. The first-order valence-electron chi connectivity index (χ1n) is 10.9. The lowest BCUT2D eigenvalue weighted by Crippen LogP contribution is -2.44. The number of anilines is 2. The van der Waals surface area contributed by atoms with E-state index in [1.807, 2.05) is 26.2 Å². The van der Waals surface area contributed by atoms with Gasteiger partial charge >= 0.3 is 0 Å². The summed E-state index contributed by atoms with van der Waals surface area (Å²) in [5, 5.41) is 0.961. The Kier molecular flexibility index (Phi) is 5.35. The molecule has 0 spiro atoms. The fourth-order valence-corrected chi connectivity index (χ4v) is 5.32. The lowest BCUT2D eigenvalue weighted by atomic mass is 10.2. The molecule has 8 heteroatoms. The average molecular weight is 449 g/mol. The van der Waals surface area contributed by atoms with Gasteiger partial charge in [0.05, 0.1) is 11.1 Å². The molecule has 166 valence electrons. The maximum atomic E-state index is 13.5. The second kappa shape index (κ2) is 8.18. The molecule has 4 heterocycles. The average Bonchev–Trinajstić information content (AvgIpc) is 3.02. The van der Waals surface area contributed by atoms with E-state index in [0.29, 0.717) is 11.1 Å². The molecule has 0 saturated carbocycles. The van der Waals surface area contributed by atoms with Crippen molar-refractivity contribution in [3.8, 4) is 0 Å². The van der Waals surface area contributed by atoms with Crippen LogP contribution in [0.15, 0.2) is 47.1 Å². The molecule has 3 aromatic heterocycles. The molecule has 0 aromatic carbocycles. The molecule has 1 aliphatic heterocycles. The fraction of sp³-hybridized carbons (Fsp3) is 0.375. The van der Waals surface area contributed by atoms with Gasteiger partial charge in [-0.2, -0.15) is 0 Å². The zero-order chi connectivity index (χ0) is 22.4. The van der Waals surface area contributed by atoms with Gasteiger partial charge in [0.15, 0.2) is 0 Å². The number of nitrogens with zero attached hydrogens (tertiary/aromatic N) is 6. The summed E-state index contributed by atoms with van der Waals surface area (Å²) in [5.74, 6) is 0.971. The number of allylic oxidation sites excluding steroid dienone is 6. The third kappa shape index (κ3) is 3.63. The van der Waals surface area contributed by atoms with E-state index in [9.17, 15) is 4.79 Å². The third-order valence-electron chi connectivity index (χ3n) is 6.18. The Morgan fingerprint density at radius 2 is 1.91 bits per heavy atom. The highest BCUT2D eigenvalue weighted by Gasteiger charge is 2.22. The van der Waals surface area contributed by atoms with Crippen LogP contribution >= 0.6 is 11.3 Å². The van der Waals surface area contributed by atoms with Crippen LogP contribution in [0.3, 0.4) is 0 Å². The summed E-state index contributed by atoms with van der Waals surface area (Å²) in [7, 11) is 6.22. The maximum absolute atomic E-state index is 13.5. The summed E-state index contributed by atoms with van der Waals surface area (Å²) in [6.45, 7) is 6.00. The Labute approximate surface area is 191 Å². The van der Waals surface area contributed by atoms with Crippen LogP contribution in [0.25, 0.3) is 26.1 Å². The lowest BCUT2D eigenvalue weighted by molar-refractivity contribution is 0.312. The quantitative estimate of drug-likeness (QED) is 0.611. The minimum Gasteiger partial charge on any atom is -0.377 e. The van der Waals surface area contributed by atoms with Gasteiger partial charge in [-0.3, -0.25) is 9.36 Å². The van der Waals surface area contributed by atoms with Crippen molar-refractivity contribution >= 4 is 49.0 Å². The van der Waals surface area contributed by atoms with Gasteiger partial charge in [0.25, 0.3) is 5.56 Å². The molecule has 0 bridgehead atoms. The molecule has 2 aliphatic rings. The fourth-order valence-electron chi connectivity index (χ4n) is 4.25. The van der Waals surface area contributed by atoms with Crippen molar-refractivity contribution in [1.82, 2.24) is 19.4 Å². The molecule has 1 aliphatic carbocycles. The molecule has 7 nitrogen and oxygen atoms in total. The van der Waals surface area contributed by atoms with E-state index in [1.165, 1.54) is 16.9 Å². The van der Waals surface area contributed by atoms with Crippen molar-refractivity contribution in [1.29, 1.82) is 0 Å². The predicted molar refractivity (Wildman–Crippen MR) is 135 cm³/mol. The number of piperazine rings is 1. The van der Waals surface area contributed by atoms with Crippen LogP contribution in [0.1, 0.15) is 13.3 Å². The Morgan fingerprint density at radius 1 is 1.12 bits per heavy atom. The van der Waals surface area contributed by atoms with E-state index in [1.54, 1.807) is 10.9 Å². The number of hydrogen-bond acceptors (Lipinski definition) is 7. The van der Waals surface area contributed by atoms with Gasteiger partial charge in [0.2, 0.25) is 0 Å². The normalized spacial score (nSPS) is 17.6. The Bertz CT molecular complexity index is 1340. The minimum absolute atomic E-state index is 0.0311. The number of rotatable bonds is 3. The highest BCUT2D eigenvalue weighted by Crippen LogP contribution is 2.38. The summed E-state index contributed by atoms with van der Waals surface area (Å²) in [6.07, 6.45) is 10.6. The Morgan fingerprint density at radius 3 is 2.66 bits per heavy atom. The van der Waals surface area contributed by atoms with Crippen molar-refractivity contribution in [2.45, 2.75) is 13.3 Å². The highest BCUT2D eigenvalue weighted by molar-refractivity contribution is 7.25. The maximum Gasteiger partial charge on any atom is 0.275 e. The van der Waals surface area contributed by atoms with E-state index in [-0.39, 0.29) is 5.56 Å². The van der Waals surface area contributed by atoms with Crippen molar-refractivity contribution in [3.63, 3.8) is 0 Å². The second-order valence-corrected chi connectivity index (χ2v) is 9.74. The predicted octanol–water partition coefficient (Wildman–Crippen LogP) is 3.57. The van der Waals surface area contributed by atoms with E-state index < -0.39 is 0 Å². The first-order valence-corrected chi connectivity index (χ1v) is 11.7. The smallest absolute Gasteiger partial charge is 0.275 e. The molecule has 1 saturated heterocycles. The number of pyridine rings is 1. The molecule has 0 radical (unpaired) electrons. The number of fused-ring (bicyclic) bond motifs is 3. The van der Waals surface area contributed by atoms with E-state index in [4.69, 9.17) is 9.97 Å². The Hall–Kier alpha value is -2.97. The second-order valence-electron chi connectivity index (χ2n) is 8.74. The van der Waals surface area contributed by atoms with E-state index in [2.05, 4.69) is 46.9 Å². The number of likely N-dealkylation sites (N-methyl/N-ethyl adjacent to an activating group) is 1. The van der Waals surface area contributed by atoms with Crippen LogP contribution in [0.2, 0.25) is 0 Å². The summed E-state index contributed by atoms with van der Waals surface area (Å²) in [4.78, 5) is 30.9. The molecule has 32 heavy (non-hydrogen) atoms. The van der Waals surface area contributed by atoms with E-state index in [0.717, 1.165) is 59.1 Å². The molecule has 0 unspecified atom stereocenters. The van der Waals surface area contributed by atoms with Crippen molar-refractivity contribution in [2.75, 3.05) is 57.1 Å².